The molecule has 12 amide bonds. The highest BCUT2D eigenvalue weighted by molar-refractivity contribution is 6.01. The first-order chi connectivity index (χ1) is 51.2. The second-order valence-electron chi connectivity index (χ2n) is 30.4. The van der Waals surface area contributed by atoms with Gasteiger partial charge in [-0.05, 0) is 124 Å². The van der Waals surface area contributed by atoms with Crippen molar-refractivity contribution in [2.75, 3.05) is 89.2 Å². The number of aryl methyl sites for hydroxylation is 1. The minimum atomic E-state index is -5.46. The number of nitrogens with zero attached hydrogens (tertiary/aromatic N) is 9. The molecule has 2 bridgehead atoms. The third-order valence-corrected chi connectivity index (χ3v) is 22.8. The number of halogens is 8. The highest BCUT2D eigenvalue weighted by Crippen LogP contribution is 2.40. The van der Waals surface area contributed by atoms with Crippen molar-refractivity contribution in [3.8, 4) is 0 Å². The zero-order valence-corrected chi connectivity index (χ0v) is 63.9. The van der Waals surface area contributed by atoms with Gasteiger partial charge in [0.25, 0.3) is 0 Å². The lowest BCUT2D eigenvalue weighted by molar-refractivity contribution is -0.158. The molecule has 0 radical (unpaired) electrons. The number of carbonyl (C=O) groups is 12. The fourth-order valence-corrected chi connectivity index (χ4v) is 15.6. The molecule has 109 heavy (non-hydrogen) atoms. The van der Waals surface area contributed by atoms with E-state index in [4.69, 9.17) is 4.74 Å². The Bertz CT molecular complexity index is 3690. The number of alkyl halides is 6. The predicted molar refractivity (Wildman–Crippen MR) is 381 cm³/mol. The summed E-state index contributed by atoms with van der Waals surface area (Å²) in [7, 11) is 10.8. The molecule has 8 rings (SSSR count). The molecular formula is C76H104F8N12O13. The number of nitrogens with one attached hydrogen (secondary N) is 3. The Hall–Kier alpha value is -8.78. The quantitative estimate of drug-likeness (QED) is 0.156. The summed E-state index contributed by atoms with van der Waals surface area (Å²) in [4.78, 5) is 191. The van der Waals surface area contributed by atoms with Gasteiger partial charge in [0.2, 0.25) is 70.9 Å². The molecule has 2 aromatic rings. The molecule has 5 fully saturated rings. The van der Waals surface area contributed by atoms with Crippen LogP contribution in [0.4, 0.5) is 35.1 Å². The third-order valence-electron chi connectivity index (χ3n) is 22.8. The summed E-state index contributed by atoms with van der Waals surface area (Å²) in [5, 5.41) is 8.32. The molecule has 25 nitrogen and oxygen atoms in total. The molecule has 6 aliphatic rings. The van der Waals surface area contributed by atoms with Crippen LogP contribution in [0.3, 0.4) is 0 Å². The molecule has 33 heteroatoms. The minimum absolute atomic E-state index is 0.0244. The second-order valence-corrected chi connectivity index (χ2v) is 30.4. The Balaban J connectivity index is 1.22. The lowest BCUT2D eigenvalue weighted by atomic mass is 9.74. The van der Waals surface area contributed by atoms with E-state index in [1.807, 2.05) is 0 Å². The summed E-state index contributed by atoms with van der Waals surface area (Å²) in [6, 6.07) is -7.19. The predicted octanol–water partition coefficient (Wildman–Crippen LogP) is 5.88. The average molecular weight is 1550 g/mol. The van der Waals surface area contributed by atoms with Crippen molar-refractivity contribution in [2.45, 2.75) is 215 Å². The molecule has 3 heterocycles. The zero-order chi connectivity index (χ0) is 80.5. The molecule has 0 unspecified atom stereocenters. The monoisotopic (exact) mass is 1540 g/mol. The van der Waals surface area contributed by atoms with Crippen LogP contribution in [0.1, 0.15) is 152 Å². The molecule has 3 saturated carbocycles. The molecule has 10 atom stereocenters. The summed E-state index contributed by atoms with van der Waals surface area (Å²) in [6.45, 7) is 2.97. The summed E-state index contributed by atoms with van der Waals surface area (Å²) in [5.74, 6) is -15.0. The smallest absolute Gasteiger partial charge is 0.377 e. The molecule has 602 valence electrons. The minimum Gasteiger partial charge on any atom is -0.377 e. The van der Waals surface area contributed by atoms with Gasteiger partial charge < -0.3 is 64.8 Å². The number of ether oxygens (including phenoxy) is 1. The number of carbonyl (C=O) groups excluding carboxylic acids is 12. The van der Waals surface area contributed by atoms with E-state index in [1.165, 1.54) is 64.0 Å². The average Bonchev–Trinajstić information content (AvgIpc) is 1.75. The van der Waals surface area contributed by atoms with E-state index in [0.29, 0.717) is 50.7 Å². The molecule has 3 N–H and O–H groups in total. The van der Waals surface area contributed by atoms with Crippen molar-refractivity contribution in [3.05, 3.63) is 82.4 Å². The fraction of sp³-hybridized carbons (Fsp3) is 0.658. The summed E-state index contributed by atoms with van der Waals surface area (Å²) in [6.07, 6.45) is -4.94. The van der Waals surface area contributed by atoms with Crippen LogP contribution in [0.2, 0.25) is 0 Å². The van der Waals surface area contributed by atoms with Crippen LogP contribution >= 0.6 is 0 Å². The van der Waals surface area contributed by atoms with Gasteiger partial charge in [-0.2, -0.15) is 26.3 Å². The maximum atomic E-state index is 15.5. The van der Waals surface area contributed by atoms with Gasteiger partial charge in [0.05, 0.1) is 31.2 Å². The summed E-state index contributed by atoms with van der Waals surface area (Å²) < 4.78 is 120. The van der Waals surface area contributed by atoms with E-state index in [2.05, 4.69) is 16.0 Å². The number of rotatable bonds is 13. The number of likely N-dealkylation sites (N-methyl/N-ethyl adjacent to an activating group) is 7. The Kier molecular flexibility index (Phi) is 28.6. The van der Waals surface area contributed by atoms with Crippen molar-refractivity contribution in [1.29, 1.82) is 0 Å². The molecular weight excluding hydrogens is 1440 g/mol. The van der Waals surface area contributed by atoms with Gasteiger partial charge >= 0.3 is 12.4 Å². The Labute approximate surface area is 630 Å². The van der Waals surface area contributed by atoms with Gasteiger partial charge in [-0.1, -0.05) is 76.7 Å². The van der Waals surface area contributed by atoms with E-state index in [1.54, 1.807) is 32.9 Å². The lowest BCUT2D eigenvalue weighted by Crippen LogP contribution is -2.68. The second kappa shape index (κ2) is 36.4. The maximum Gasteiger partial charge on any atom is 0.422 e. The maximum absolute atomic E-state index is 15.5. The van der Waals surface area contributed by atoms with Gasteiger partial charge in [0.15, 0.2) is 0 Å². The third kappa shape index (κ3) is 20.2. The molecule has 0 aromatic heterocycles. The van der Waals surface area contributed by atoms with Crippen LogP contribution in [0.15, 0.2) is 48.6 Å². The normalized spacial score (nSPS) is 26.7. The van der Waals surface area contributed by atoms with Crippen molar-refractivity contribution in [3.63, 3.8) is 0 Å². The van der Waals surface area contributed by atoms with Crippen LogP contribution in [0.25, 0.3) is 0 Å². The number of amides is 12. The first kappa shape index (κ1) is 85.8. The van der Waals surface area contributed by atoms with Crippen LogP contribution in [0.5, 0.6) is 0 Å². The van der Waals surface area contributed by atoms with Crippen molar-refractivity contribution < 1.29 is 97.4 Å². The molecule has 2 saturated heterocycles. The SMILES string of the molecule is CCO[C@@H]1C[C@H]2C(=O)NC3(CCC3)C(=O)N(C)[C@@H](C3CCCC3)C(=O)N(C)[C@H](C(=O)N(C)C)CC(=O)N(C)[C@@H](CC3CCC3)C(=O)N[C@@H]([C@@H](C)CC)C(=O)N(C)CC(=O)N(C)[C@H]3C/C=C\CCN(C3=O)[C@@H](Cc3ccc(C(F)(F)F)cc3)C(=O)N(C)CC(=O)N[C@H](CCc3cc(F)c(C(F)(F)F)c(F)c3)C(=O)N2C1. The van der Waals surface area contributed by atoms with Crippen molar-refractivity contribution in [2.24, 2.45) is 17.8 Å². The van der Waals surface area contributed by atoms with Gasteiger partial charge in [-0.15, -0.1) is 0 Å². The summed E-state index contributed by atoms with van der Waals surface area (Å²) >= 11 is 0. The Morgan fingerprint density at radius 2 is 1.29 bits per heavy atom. The van der Waals surface area contributed by atoms with Crippen LogP contribution in [-0.4, -0.2) is 264 Å². The first-order valence-corrected chi connectivity index (χ1v) is 37.5. The summed E-state index contributed by atoms with van der Waals surface area (Å²) in [5.41, 5.74) is -5.24. The first-order valence-electron chi connectivity index (χ1n) is 37.5. The Morgan fingerprint density at radius 3 is 1.85 bits per heavy atom. The highest BCUT2D eigenvalue weighted by Gasteiger charge is 2.54. The van der Waals surface area contributed by atoms with Gasteiger partial charge in [0, 0.05) is 88.9 Å². The van der Waals surface area contributed by atoms with Crippen LogP contribution in [-0.2, 0) is 87.5 Å². The topological polar surface area (TPSA) is 279 Å². The number of benzene rings is 2. The van der Waals surface area contributed by atoms with Gasteiger partial charge in [-0.3, -0.25) is 57.5 Å². The Morgan fingerprint density at radius 1 is 0.661 bits per heavy atom. The van der Waals surface area contributed by atoms with Crippen LogP contribution in [0, 0.1) is 29.4 Å². The van der Waals surface area contributed by atoms with Gasteiger partial charge in [-0.25, -0.2) is 8.78 Å². The van der Waals surface area contributed by atoms with Crippen molar-refractivity contribution in [1.82, 2.24) is 60.0 Å². The molecule has 3 aliphatic carbocycles. The standard InChI is InChI=1S/C76H104F8N12O13/c1-12-44(3)63-71(106)90(7)43-61(99)91(8)54-25-15-14-18-34-95(70(54)105)58(38-46-26-29-49(30-27-46)75(79,80)81)69(104)89(6)42-59(97)85-53(31-28-47-35-51(77)62(52(78)36-47)76(82,83)84)67(102)96-41-50(109-13-2)39-56(96)66(101)87-74(32-20-33-74)73(108)94(11)64(48-23-16-17-24-48)72(107)93(10)57(68(103)88(4)5)40-60(98)92(9)55(65(100)86-63)37-45-21-19-22-45/h14-15,26-27,29-30,35-36,44-45,48,50,53-58,63-64H,12-13,16-25,28,31-34,37-43H2,1-11H3,(H,85,97)(H,86,100)(H,87,101)/b15-14-/t44-,50+,53+,54-,55-,56-,57-,58-,63-,64-/m0/s1. The van der Waals surface area contributed by atoms with E-state index in [-0.39, 0.29) is 69.7 Å². The molecule has 1 spiro atoms. The number of hydrogen-bond donors (Lipinski definition) is 3. The number of fused-ring (bicyclic) bond motifs is 3. The van der Waals surface area contributed by atoms with Crippen LogP contribution < -0.4 is 16.0 Å². The van der Waals surface area contributed by atoms with E-state index in [0.717, 1.165) is 80.0 Å². The van der Waals surface area contributed by atoms with Gasteiger partial charge in [0.1, 0.15) is 71.1 Å². The molecule has 2 aromatic carbocycles. The lowest BCUT2D eigenvalue weighted by Gasteiger charge is -2.46. The number of hydrogen-bond acceptors (Lipinski definition) is 13. The highest BCUT2D eigenvalue weighted by atomic mass is 19.4. The van der Waals surface area contributed by atoms with E-state index >= 15 is 47.1 Å². The fourth-order valence-electron chi connectivity index (χ4n) is 15.6. The largest absolute Gasteiger partial charge is 0.422 e. The van der Waals surface area contributed by atoms with Crippen molar-refractivity contribution >= 4 is 70.9 Å². The van der Waals surface area contributed by atoms with E-state index in [9.17, 15) is 45.5 Å². The zero-order valence-electron chi connectivity index (χ0n) is 63.9. The molecule has 3 aliphatic heterocycles. The van der Waals surface area contributed by atoms with E-state index < -0.39 is 222 Å².